The standard InChI is InChI=1S/C63H109N19O24S/c1-30(2)26-43(81-62(104)44(29-84)82-53(95)34(6)73-57(99)38(14-18-45(67)85)78-60(102)41(22-25-107-7)77-54(96)35(66)28-83)61(103)79-39(15-19-46(68)86)58(100)71-32(4)51(93)76-40(16-20-48(88)89)59(101)72-31(3)50(92)75-36(12-8-10-23-64)55(97)69-27-47(87)74-37(13-9-11-24-65)56(98)70-33(5)52(94)80-42(63(105)106)17-21-49(90)91/h30-44,83-84H,8-29,64-66H2,1-7H3,(H2,67,85)(H2,68,86)(H,69,97)(H,70,98)(H,71,100)(H,72,101)(H,73,99)(H,74,87)(H,75,92)(H,76,93)(H,77,96)(H,78,102)(H,79,103)(H,80,94)(H,81,104)(H,82,95)(H,88,89)(H,90,91)(H,105,106)/t31-,32-,33-,34-,35-,36-,37-,38-,39-,40-,41-,42-,43-,44-/m0/s1. The van der Waals surface area contributed by atoms with Gasteiger partial charge in [0, 0.05) is 25.7 Å². The number of thioether (sulfide) groups is 1. The van der Waals surface area contributed by atoms with Crippen molar-refractivity contribution in [3.8, 4) is 0 Å². The maximum absolute atomic E-state index is 14.1. The van der Waals surface area contributed by atoms with E-state index in [1.807, 2.05) is 0 Å². The van der Waals surface area contributed by atoms with Crippen molar-refractivity contribution in [1.82, 2.24) is 74.4 Å². The second-order valence-electron chi connectivity index (χ2n) is 25.4. The molecule has 0 unspecified atom stereocenters. The number of aliphatic hydroxyl groups is 2. The lowest BCUT2D eigenvalue weighted by Gasteiger charge is -2.27. The van der Waals surface area contributed by atoms with Gasteiger partial charge in [0.2, 0.25) is 94.5 Å². The van der Waals surface area contributed by atoms with Gasteiger partial charge in [-0.3, -0.25) is 86.3 Å². The zero-order valence-electron chi connectivity index (χ0n) is 61.0. The zero-order valence-corrected chi connectivity index (χ0v) is 61.8. The molecule has 0 aliphatic carbocycles. The van der Waals surface area contributed by atoms with Gasteiger partial charge in [0.25, 0.3) is 0 Å². The Hall–Kier alpha value is -9.92. The van der Waals surface area contributed by atoms with Gasteiger partial charge in [0.1, 0.15) is 84.6 Å². The van der Waals surface area contributed by atoms with Crippen molar-refractivity contribution in [1.29, 1.82) is 0 Å². The molecule has 29 N–H and O–H groups in total. The molecule has 0 aliphatic heterocycles. The second-order valence-corrected chi connectivity index (χ2v) is 26.4. The van der Waals surface area contributed by atoms with Crippen LogP contribution in [0, 0.1) is 5.92 Å². The lowest BCUT2D eigenvalue weighted by Crippen LogP contribution is -2.61. The predicted molar refractivity (Wildman–Crippen MR) is 379 cm³/mol. The summed E-state index contributed by atoms with van der Waals surface area (Å²) in [6.45, 7) is 5.66. The van der Waals surface area contributed by atoms with Crippen molar-refractivity contribution in [3.63, 3.8) is 0 Å². The molecule has 0 aromatic rings. The Morgan fingerprint density at radius 2 is 0.654 bits per heavy atom. The SMILES string of the molecule is CSCC[C@H](NC(=O)[C@@H](N)CO)C(=O)N[C@@H](CCC(N)=O)C(=O)N[C@@H](C)C(=O)N[C@@H](CO)C(=O)N[C@@H](CC(C)C)C(=O)N[C@@H](CCC(N)=O)C(=O)N[C@@H](C)C(=O)N[C@@H](CCC(=O)O)C(=O)N[C@@H](C)C(=O)N[C@@H](CCCCN)C(=O)NCC(=O)N[C@@H](CCCCN)C(=O)N[C@@H](C)C(=O)N[C@@H](CCC(=O)O)C(=O)O. The van der Waals surface area contributed by atoms with E-state index in [-0.39, 0.29) is 51.6 Å². The number of carbonyl (C=O) groups excluding carboxylic acids is 16. The summed E-state index contributed by atoms with van der Waals surface area (Å²) in [6.07, 6.45) is -1.50. The minimum atomic E-state index is -1.83. The summed E-state index contributed by atoms with van der Waals surface area (Å²) in [5.41, 5.74) is 27.5. The fraction of sp³-hybridized carbons (Fsp3) is 0.698. The van der Waals surface area contributed by atoms with Gasteiger partial charge >= 0.3 is 17.9 Å². The molecule has 43 nitrogen and oxygen atoms in total. The minimum absolute atomic E-state index is 0.0189. The molecular weight excluding hydrogens is 1440 g/mol. The first-order valence-electron chi connectivity index (χ1n) is 34.5. The first kappa shape index (κ1) is 97.1. The molecule has 0 heterocycles. The molecule has 606 valence electrons. The highest BCUT2D eigenvalue weighted by molar-refractivity contribution is 7.98. The van der Waals surface area contributed by atoms with Crippen LogP contribution >= 0.6 is 11.8 Å². The molecule has 0 rings (SSSR count). The number of hydrogen-bond donors (Lipinski definition) is 24. The third-order valence-electron chi connectivity index (χ3n) is 15.7. The number of nitrogens with two attached hydrogens (primary N) is 5. The predicted octanol–water partition coefficient (Wildman–Crippen LogP) is -9.80. The quantitative estimate of drug-likeness (QED) is 0.0251. The number of nitrogens with one attached hydrogen (secondary N) is 14. The fourth-order valence-electron chi connectivity index (χ4n) is 9.52. The summed E-state index contributed by atoms with van der Waals surface area (Å²) in [7, 11) is 0. The molecule has 0 bridgehead atoms. The number of rotatable bonds is 56. The van der Waals surface area contributed by atoms with Crippen LogP contribution in [0.1, 0.15) is 144 Å². The van der Waals surface area contributed by atoms with Crippen molar-refractivity contribution in [2.75, 3.05) is 44.9 Å². The summed E-state index contributed by atoms with van der Waals surface area (Å²) in [5.74, 6) is -20.4. The first-order valence-corrected chi connectivity index (χ1v) is 35.9. The monoisotopic (exact) mass is 1550 g/mol. The number of unbranched alkanes of at least 4 members (excludes halogenated alkanes) is 2. The van der Waals surface area contributed by atoms with Crippen LogP contribution in [0.2, 0.25) is 0 Å². The molecule has 0 saturated carbocycles. The molecule has 0 aromatic heterocycles. The lowest BCUT2D eigenvalue weighted by atomic mass is 10.0. The van der Waals surface area contributed by atoms with Crippen molar-refractivity contribution in [3.05, 3.63) is 0 Å². The van der Waals surface area contributed by atoms with Gasteiger partial charge in [0.15, 0.2) is 0 Å². The second kappa shape index (κ2) is 52.1. The van der Waals surface area contributed by atoms with Crippen LogP contribution in [-0.2, 0) is 91.1 Å². The molecule has 16 amide bonds. The van der Waals surface area contributed by atoms with E-state index in [2.05, 4.69) is 74.4 Å². The summed E-state index contributed by atoms with van der Waals surface area (Å²) in [5, 5.41) is 80.3. The average molecular weight is 1550 g/mol. The van der Waals surface area contributed by atoms with Crippen LogP contribution in [0.4, 0.5) is 0 Å². The Morgan fingerprint density at radius 1 is 0.346 bits per heavy atom. The number of carboxylic acid groups (broad SMARTS) is 3. The highest BCUT2D eigenvalue weighted by Gasteiger charge is 2.36. The Labute approximate surface area is 621 Å². The summed E-state index contributed by atoms with van der Waals surface area (Å²) < 4.78 is 0. The molecule has 0 spiro atoms. The van der Waals surface area contributed by atoms with Crippen molar-refractivity contribution in [2.24, 2.45) is 34.6 Å². The summed E-state index contributed by atoms with van der Waals surface area (Å²) in [6, 6.07) is -21.4. The van der Waals surface area contributed by atoms with Crippen molar-refractivity contribution in [2.45, 2.75) is 229 Å². The van der Waals surface area contributed by atoms with Gasteiger partial charge in [0.05, 0.1) is 19.8 Å². The summed E-state index contributed by atoms with van der Waals surface area (Å²) >= 11 is 1.31. The van der Waals surface area contributed by atoms with E-state index in [4.69, 9.17) is 33.8 Å². The molecule has 44 heteroatoms. The van der Waals surface area contributed by atoms with E-state index in [9.17, 15) is 112 Å². The molecule has 0 fully saturated rings. The minimum Gasteiger partial charge on any atom is -0.481 e. The van der Waals surface area contributed by atoms with E-state index in [1.165, 1.54) is 25.6 Å². The third-order valence-corrected chi connectivity index (χ3v) is 16.4. The van der Waals surface area contributed by atoms with Crippen LogP contribution in [-0.4, -0.2) is 267 Å². The van der Waals surface area contributed by atoms with Crippen LogP contribution < -0.4 is 103 Å². The zero-order chi connectivity index (χ0) is 81.8. The Kier molecular flexibility index (Phi) is 47.3. The van der Waals surface area contributed by atoms with Crippen molar-refractivity contribution < 1.29 is 117 Å². The molecular formula is C63H109N19O24S. The number of primary amides is 2. The Balaban J connectivity index is 6.40. The van der Waals surface area contributed by atoms with Crippen LogP contribution in [0.15, 0.2) is 0 Å². The maximum atomic E-state index is 14.1. The maximum Gasteiger partial charge on any atom is 0.326 e. The van der Waals surface area contributed by atoms with Gasteiger partial charge in [-0.25, -0.2) is 4.79 Å². The average Bonchev–Trinajstić information content (AvgIpc) is 0.912. The number of carboxylic acids is 3. The smallest absolute Gasteiger partial charge is 0.326 e. The van der Waals surface area contributed by atoms with Gasteiger partial charge < -0.3 is 129 Å². The fourth-order valence-corrected chi connectivity index (χ4v) is 9.99. The van der Waals surface area contributed by atoms with E-state index >= 15 is 0 Å². The number of amides is 16. The van der Waals surface area contributed by atoms with E-state index < -0.39 is 268 Å². The third kappa shape index (κ3) is 40.4. The van der Waals surface area contributed by atoms with Crippen LogP contribution in [0.25, 0.3) is 0 Å². The van der Waals surface area contributed by atoms with Crippen molar-refractivity contribution >= 4 is 124 Å². The number of aliphatic carboxylic acids is 3. The van der Waals surface area contributed by atoms with Gasteiger partial charge in [-0.05, 0) is 136 Å². The Morgan fingerprint density at radius 3 is 1.01 bits per heavy atom. The van der Waals surface area contributed by atoms with Crippen LogP contribution in [0.5, 0.6) is 0 Å². The highest BCUT2D eigenvalue weighted by atomic mass is 32.2. The first-order chi connectivity index (χ1) is 50.2. The number of aliphatic hydroxyl groups excluding tert-OH is 2. The number of hydrogen-bond acceptors (Lipinski definition) is 25. The van der Waals surface area contributed by atoms with E-state index in [1.54, 1.807) is 20.1 Å². The van der Waals surface area contributed by atoms with Gasteiger partial charge in [-0.15, -0.1) is 0 Å². The molecule has 14 atom stereocenters. The molecule has 107 heavy (non-hydrogen) atoms. The van der Waals surface area contributed by atoms with E-state index in [0.717, 1.165) is 13.8 Å². The normalized spacial score (nSPS) is 14.9. The topological polar surface area (TPSA) is 724 Å². The Bertz CT molecular complexity index is 3060. The molecule has 0 saturated heterocycles. The molecule has 0 aromatic carbocycles. The van der Waals surface area contributed by atoms with Gasteiger partial charge in [-0.2, -0.15) is 11.8 Å². The molecule has 0 aliphatic rings. The number of carbonyl (C=O) groups is 19. The summed E-state index contributed by atoms with van der Waals surface area (Å²) in [4.78, 5) is 247. The molecule has 0 radical (unpaired) electrons. The highest BCUT2D eigenvalue weighted by Crippen LogP contribution is 2.12. The van der Waals surface area contributed by atoms with Gasteiger partial charge in [-0.1, -0.05) is 13.8 Å². The van der Waals surface area contributed by atoms with E-state index in [0.29, 0.717) is 25.0 Å². The lowest BCUT2D eigenvalue weighted by molar-refractivity contribution is -0.143. The largest absolute Gasteiger partial charge is 0.481 e. The van der Waals surface area contributed by atoms with Crippen LogP contribution in [0.3, 0.4) is 0 Å².